The molecule has 160 valence electrons. The highest BCUT2D eigenvalue weighted by molar-refractivity contribution is 6.01. The van der Waals surface area contributed by atoms with Crippen LogP contribution in [0.2, 0.25) is 0 Å². The molecule has 30 heavy (non-hydrogen) atoms. The van der Waals surface area contributed by atoms with Crippen molar-refractivity contribution < 1.29 is 18.8 Å². The molecule has 2 fully saturated rings. The van der Waals surface area contributed by atoms with Crippen molar-refractivity contribution in [3.63, 3.8) is 0 Å². The topological polar surface area (TPSA) is 104 Å². The van der Waals surface area contributed by atoms with Gasteiger partial charge in [-0.25, -0.2) is 4.79 Å². The second-order valence-electron chi connectivity index (χ2n) is 7.42. The molecule has 0 saturated carbocycles. The van der Waals surface area contributed by atoms with Crippen LogP contribution < -0.4 is 10.1 Å². The highest BCUT2D eigenvalue weighted by Crippen LogP contribution is 2.20. The van der Waals surface area contributed by atoms with Crippen LogP contribution in [0.5, 0.6) is 5.75 Å². The number of carbonyl (C=O) groups is 2. The van der Waals surface area contributed by atoms with E-state index in [4.69, 9.17) is 9.26 Å². The van der Waals surface area contributed by atoms with Crippen LogP contribution in [0, 0.1) is 0 Å². The zero-order chi connectivity index (χ0) is 20.9. The molecule has 4 rings (SSSR count). The Morgan fingerprint density at radius 3 is 2.47 bits per heavy atom. The van der Waals surface area contributed by atoms with E-state index in [1.165, 1.54) is 4.90 Å². The predicted molar refractivity (Wildman–Crippen MR) is 108 cm³/mol. The first kappa shape index (κ1) is 20.3. The minimum atomic E-state index is -0.279. The Balaban J connectivity index is 1.20. The number of carbonyl (C=O) groups excluding carboxylic acids is 2. The fraction of sp³-hybridized carbons (Fsp3) is 0.500. The Bertz CT molecular complexity index is 860. The van der Waals surface area contributed by atoms with E-state index in [9.17, 15) is 9.59 Å². The molecule has 3 heterocycles. The first-order valence-corrected chi connectivity index (χ1v) is 10.1. The molecule has 10 heteroatoms. The summed E-state index contributed by atoms with van der Waals surface area (Å²) in [5, 5.41) is 6.63. The van der Waals surface area contributed by atoms with Crippen LogP contribution in [0.25, 0.3) is 11.4 Å². The number of imide groups is 1. The van der Waals surface area contributed by atoms with Crippen molar-refractivity contribution in [3.05, 3.63) is 30.2 Å². The third-order valence-electron chi connectivity index (χ3n) is 5.43. The lowest BCUT2D eigenvalue weighted by Crippen LogP contribution is -2.46. The third kappa shape index (κ3) is 4.77. The maximum atomic E-state index is 11.6. The minimum absolute atomic E-state index is 0.118. The Kier molecular flexibility index (Phi) is 6.24. The molecule has 1 aromatic carbocycles. The number of ether oxygens (including phenoxy) is 1. The largest absolute Gasteiger partial charge is 0.497 e. The third-order valence-corrected chi connectivity index (χ3v) is 5.43. The van der Waals surface area contributed by atoms with Gasteiger partial charge >= 0.3 is 6.03 Å². The van der Waals surface area contributed by atoms with Gasteiger partial charge in [-0.1, -0.05) is 5.16 Å². The lowest BCUT2D eigenvalue weighted by molar-refractivity contribution is -0.125. The molecule has 1 aromatic heterocycles. The first-order valence-electron chi connectivity index (χ1n) is 10.1. The SMILES string of the molecule is COc1ccc(-c2noc(CN3CCN(CCCN4C(=O)CNC4=O)CC3)n2)cc1. The van der Waals surface area contributed by atoms with Crippen molar-refractivity contribution in [2.24, 2.45) is 0 Å². The summed E-state index contributed by atoms with van der Waals surface area (Å²) >= 11 is 0. The number of methoxy groups -OCH3 is 1. The highest BCUT2D eigenvalue weighted by atomic mass is 16.5. The number of amides is 3. The summed E-state index contributed by atoms with van der Waals surface area (Å²) in [7, 11) is 1.63. The summed E-state index contributed by atoms with van der Waals surface area (Å²) in [6.07, 6.45) is 0.786. The summed E-state index contributed by atoms with van der Waals surface area (Å²) in [4.78, 5) is 33.6. The highest BCUT2D eigenvalue weighted by Gasteiger charge is 2.28. The van der Waals surface area contributed by atoms with E-state index < -0.39 is 0 Å². The monoisotopic (exact) mass is 414 g/mol. The maximum absolute atomic E-state index is 11.6. The molecular weight excluding hydrogens is 388 g/mol. The molecule has 1 N–H and O–H groups in total. The van der Waals surface area contributed by atoms with E-state index in [0.717, 1.165) is 50.5 Å². The summed E-state index contributed by atoms with van der Waals surface area (Å²) in [6, 6.07) is 7.28. The van der Waals surface area contributed by atoms with Crippen LogP contribution in [0.1, 0.15) is 12.3 Å². The van der Waals surface area contributed by atoms with Gasteiger partial charge in [0.15, 0.2) is 0 Å². The molecule has 2 aliphatic heterocycles. The van der Waals surface area contributed by atoms with Crippen molar-refractivity contribution in [2.75, 3.05) is 52.9 Å². The number of hydrogen-bond acceptors (Lipinski definition) is 8. The van der Waals surface area contributed by atoms with Gasteiger partial charge in [0.2, 0.25) is 17.6 Å². The number of aromatic nitrogens is 2. The van der Waals surface area contributed by atoms with Crippen LogP contribution >= 0.6 is 0 Å². The zero-order valence-electron chi connectivity index (χ0n) is 17.0. The average Bonchev–Trinajstić information content (AvgIpc) is 3.36. The average molecular weight is 414 g/mol. The maximum Gasteiger partial charge on any atom is 0.324 e. The standard InChI is InChI=1S/C20H26N6O4/c1-29-16-5-3-15(4-6-16)19-22-17(30-23-19)14-25-11-9-24(10-12-25)7-2-8-26-18(27)13-21-20(26)28/h3-6H,2,7-14H2,1H3,(H,21,28). The molecule has 2 aromatic rings. The van der Waals surface area contributed by atoms with Crippen LogP contribution in [0.15, 0.2) is 28.8 Å². The van der Waals surface area contributed by atoms with Gasteiger partial charge in [0.25, 0.3) is 0 Å². The van der Waals surface area contributed by atoms with E-state index >= 15 is 0 Å². The van der Waals surface area contributed by atoms with Gasteiger partial charge in [-0.2, -0.15) is 4.98 Å². The van der Waals surface area contributed by atoms with Gasteiger partial charge in [-0.05, 0) is 37.2 Å². The Morgan fingerprint density at radius 2 is 1.80 bits per heavy atom. The Labute approximate surface area is 174 Å². The molecule has 10 nitrogen and oxygen atoms in total. The Morgan fingerprint density at radius 1 is 1.07 bits per heavy atom. The van der Waals surface area contributed by atoms with E-state index in [2.05, 4.69) is 25.3 Å². The number of rotatable bonds is 8. The molecule has 0 spiro atoms. The number of benzene rings is 1. The lowest BCUT2D eigenvalue weighted by atomic mass is 10.2. The zero-order valence-corrected chi connectivity index (χ0v) is 17.0. The predicted octanol–water partition coefficient (Wildman–Crippen LogP) is 0.805. The van der Waals surface area contributed by atoms with E-state index in [1.54, 1.807) is 7.11 Å². The molecule has 3 amide bonds. The van der Waals surface area contributed by atoms with Gasteiger partial charge < -0.3 is 19.5 Å². The molecule has 0 atom stereocenters. The molecule has 0 aliphatic carbocycles. The fourth-order valence-electron chi connectivity index (χ4n) is 3.67. The van der Waals surface area contributed by atoms with E-state index in [0.29, 0.717) is 24.8 Å². The number of nitrogens with one attached hydrogen (secondary N) is 1. The molecular formula is C20H26N6O4. The number of nitrogens with zero attached hydrogens (tertiary/aromatic N) is 5. The first-order chi connectivity index (χ1) is 14.6. The van der Waals surface area contributed by atoms with Gasteiger partial charge in [-0.15, -0.1) is 0 Å². The molecule has 2 saturated heterocycles. The summed E-state index contributed by atoms with van der Waals surface area (Å²) in [5.74, 6) is 1.83. The van der Waals surface area contributed by atoms with Gasteiger partial charge in [0.1, 0.15) is 5.75 Å². The van der Waals surface area contributed by atoms with Crippen molar-refractivity contribution in [1.82, 2.24) is 30.2 Å². The van der Waals surface area contributed by atoms with Crippen LogP contribution in [0.4, 0.5) is 4.79 Å². The fourth-order valence-corrected chi connectivity index (χ4v) is 3.67. The van der Waals surface area contributed by atoms with E-state index in [-0.39, 0.29) is 18.5 Å². The smallest absolute Gasteiger partial charge is 0.324 e. The molecule has 2 aliphatic rings. The van der Waals surface area contributed by atoms with E-state index in [1.807, 2.05) is 24.3 Å². The van der Waals surface area contributed by atoms with Gasteiger partial charge in [-0.3, -0.25) is 14.6 Å². The number of urea groups is 1. The van der Waals surface area contributed by atoms with Crippen molar-refractivity contribution in [2.45, 2.75) is 13.0 Å². The van der Waals surface area contributed by atoms with Crippen LogP contribution in [-0.4, -0.2) is 89.7 Å². The van der Waals surface area contributed by atoms with Crippen LogP contribution in [0.3, 0.4) is 0 Å². The van der Waals surface area contributed by atoms with Crippen LogP contribution in [-0.2, 0) is 11.3 Å². The van der Waals surface area contributed by atoms with Gasteiger partial charge in [0.05, 0.1) is 20.2 Å². The quantitative estimate of drug-likeness (QED) is 0.633. The Hall–Kier alpha value is -2.98. The summed E-state index contributed by atoms with van der Waals surface area (Å²) in [6.45, 7) is 5.76. The molecule has 0 bridgehead atoms. The van der Waals surface area contributed by atoms with Gasteiger partial charge in [0, 0.05) is 38.3 Å². The minimum Gasteiger partial charge on any atom is -0.497 e. The second kappa shape index (κ2) is 9.23. The number of hydrogen-bond donors (Lipinski definition) is 1. The normalized spacial score (nSPS) is 18.1. The molecule has 0 radical (unpaired) electrons. The molecule has 0 unspecified atom stereocenters. The summed E-state index contributed by atoms with van der Waals surface area (Å²) < 4.78 is 10.6. The second-order valence-corrected chi connectivity index (χ2v) is 7.42. The number of piperazine rings is 1. The van der Waals surface area contributed by atoms with Crippen molar-refractivity contribution >= 4 is 11.9 Å². The van der Waals surface area contributed by atoms with Crippen molar-refractivity contribution in [1.29, 1.82) is 0 Å². The van der Waals surface area contributed by atoms with Crippen molar-refractivity contribution in [3.8, 4) is 17.1 Å². The lowest BCUT2D eigenvalue weighted by Gasteiger charge is -2.34. The summed E-state index contributed by atoms with van der Waals surface area (Å²) in [5.41, 5.74) is 0.890.